The van der Waals surface area contributed by atoms with Crippen LogP contribution in [0.25, 0.3) is 0 Å². The molecule has 1 amide bonds. The highest BCUT2D eigenvalue weighted by Crippen LogP contribution is 2.35. The number of nitrogens with zero attached hydrogens (tertiary/aromatic N) is 1. The third kappa shape index (κ3) is 1.86. The zero-order chi connectivity index (χ0) is 12.6. The van der Waals surface area contributed by atoms with Gasteiger partial charge in [-0.05, 0) is 18.6 Å². The van der Waals surface area contributed by atoms with Crippen LogP contribution in [0.2, 0.25) is 0 Å². The van der Waals surface area contributed by atoms with Crippen LogP contribution in [0.5, 0.6) is 5.75 Å². The van der Waals surface area contributed by atoms with Crippen molar-refractivity contribution in [3.05, 3.63) is 29.8 Å². The Bertz CT molecular complexity index is 442. The maximum Gasteiger partial charge on any atom is 0.266 e. The number of carbonyl (C=O) groups excluding carboxylic acids is 1. The minimum absolute atomic E-state index is 0.111. The molecular formula is C14H18N2O2. The maximum atomic E-state index is 12.6. The molecule has 0 aromatic heterocycles. The van der Waals surface area contributed by atoms with Crippen LogP contribution in [0.3, 0.4) is 0 Å². The van der Waals surface area contributed by atoms with E-state index >= 15 is 0 Å². The van der Waals surface area contributed by atoms with Gasteiger partial charge in [-0.2, -0.15) is 0 Å². The molecule has 2 heterocycles. The van der Waals surface area contributed by atoms with E-state index in [2.05, 4.69) is 5.32 Å². The Morgan fingerprint density at radius 2 is 2.06 bits per heavy atom. The highest BCUT2D eigenvalue weighted by molar-refractivity contribution is 5.86. The van der Waals surface area contributed by atoms with Crippen LogP contribution in [0.4, 0.5) is 0 Å². The van der Waals surface area contributed by atoms with Gasteiger partial charge in [-0.3, -0.25) is 4.79 Å². The van der Waals surface area contributed by atoms with Crippen LogP contribution in [0, 0.1) is 0 Å². The van der Waals surface area contributed by atoms with Gasteiger partial charge in [0.05, 0.1) is 0 Å². The van der Waals surface area contributed by atoms with Gasteiger partial charge in [0.1, 0.15) is 5.75 Å². The van der Waals surface area contributed by atoms with Crippen molar-refractivity contribution in [1.29, 1.82) is 0 Å². The van der Waals surface area contributed by atoms with Gasteiger partial charge < -0.3 is 15.0 Å². The van der Waals surface area contributed by atoms with E-state index < -0.39 is 5.60 Å². The lowest BCUT2D eigenvalue weighted by molar-refractivity contribution is -0.146. The summed E-state index contributed by atoms with van der Waals surface area (Å²) in [6.07, 6.45) is 0.673. The highest BCUT2D eigenvalue weighted by Gasteiger charge is 2.44. The smallest absolute Gasteiger partial charge is 0.266 e. The lowest BCUT2D eigenvalue weighted by Gasteiger charge is -2.33. The molecule has 0 bridgehead atoms. The fourth-order valence-corrected chi connectivity index (χ4v) is 2.71. The van der Waals surface area contributed by atoms with Gasteiger partial charge in [0.2, 0.25) is 0 Å². The van der Waals surface area contributed by atoms with Crippen LogP contribution >= 0.6 is 0 Å². The van der Waals surface area contributed by atoms with E-state index in [1.54, 1.807) is 0 Å². The predicted molar refractivity (Wildman–Crippen MR) is 68.6 cm³/mol. The van der Waals surface area contributed by atoms with Crippen LogP contribution < -0.4 is 10.1 Å². The number of rotatable bonds is 1. The van der Waals surface area contributed by atoms with E-state index in [0.717, 1.165) is 37.5 Å². The highest BCUT2D eigenvalue weighted by atomic mass is 16.5. The molecule has 2 aliphatic heterocycles. The molecule has 0 saturated carbocycles. The Balaban J connectivity index is 1.79. The third-order valence-corrected chi connectivity index (χ3v) is 3.69. The third-order valence-electron chi connectivity index (χ3n) is 3.69. The van der Waals surface area contributed by atoms with Crippen LogP contribution in [-0.4, -0.2) is 42.6 Å². The molecular weight excluding hydrogens is 228 g/mol. The molecule has 0 aliphatic carbocycles. The number of carbonyl (C=O) groups is 1. The van der Waals surface area contributed by atoms with E-state index in [-0.39, 0.29) is 5.91 Å². The summed E-state index contributed by atoms with van der Waals surface area (Å²) >= 11 is 0. The second-order valence-corrected chi connectivity index (χ2v) is 5.16. The number of hydrogen-bond acceptors (Lipinski definition) is 3. The van der Waals surface area contributed by atoms with E-state index in [1.807, 2.05) is 36.1 Å². The first-order valence-electron chi connectivity index (χ1n) is 6.46. The van der Waals surface area contributed by atoms with E-state index in [0.29, 0.717) is 6.42 Å². The van der Waals surface area contributed by atoms with Gasteiger partial charge in [-0.1, -0.05) is 18.2 Å². The first-order valence-corrected chi connectivity index (χ1v) is 6.46. The molecule has 1 aromatic carbocycles. The van der Waals surface area contributed by atoms with E-state index in [4.69, 9.17) is 4.74 Å². The second kappa shape index (κ2) is 4.28. The molecule has 1 N–H and O–H groups in total. The summed E-state index contributed by atoms with van der Waals surface area (Å²) in [5, 5.41) is 3.26. The molecule has 1 unspecified atom stereocenters. The number of ether oxygens (including phenoxy) is 1. The average Bonchev–Trinajstić information content (AvgIpc) is 2.76. The minimum atomic E-state index is -0.721. The van der Waals surface area contributed by atoms with Gasteiger partial charge in [-0.25, -0.2) is 0 Å². The van der Waals surface area contributed by atoms with Crippen molar-refractivity contribution in [3.63, 3.8) is 0 Å². The van der Waals surface area contributed by atoms with Gasteiger partial charge in [0.25, 0.3) is 5.91 Å². The lowest BCUT2D eigenvalue weighted by Crippen LogP contribution is -2.55. The first kappa shape index (κ1) is 11.5. The maximum absolute atomic E-state index is 12.6. The van der Waals surface area contributed by atoms with Crippen molar-refractivity contribution in [2.75, 3.05) is 26.2 Å². The van der Waals surface area contributed by atoms with Crippen LogP contribution in [0.15, 0.2) is 24.3 Å². The molecule has 0 spiro atoms. The van der Waals surface area contributed by atoms with Crippen molar-refractivity contribution >= 4 is 5.91 Å². The summed E-state index contributed by atoms with van der Waals surface area (Å²) in [6.45, 7) is 5.18. The van der Waals surface area contributed by atoms with Crippen molar-refractivity contribution in [2.24, 2.45) is 0 Å². The number of fused-ring (bicyclic) bond motifs is 1. The average molecular weight is 246 g/mol. The van der Waals surface area contributed by atoms with Crippen molar-refractivity contribution < 1.29 is 9.53 Å². The quantitative estimate of drug-likeness (QED) is 0.797. The summed E-state index contributed by atoms with van der Waals surface area (Å²) in [5.41, 5.74) is 0.407. The van der Waals surface area contributed by atoms with E-state index in [1.165, 1.54) is 0 Å². The zero-order valence-corrected chi connectivity index (χ0v) is 10.6. The summed E-state index contributed by atoms with van der Waals surface area (Å²) in [5.74, 6) is 0.962. The monoisotopic (exact) mass is 246 g/mol. The standard InChI is InChI=1S/C14H18N2O2/c1-14(13(17)16-8-6-15-7-9-16)10-11-4-2-3-5-12(11)18-14/h2-5,15H,6-10H2,1H3. The summed E-state index contributed by atoms with van der Waals surface area (Å²) in [7, 11) is 0. The van der Waals surface area contributed by atoms with Gasteiger partial charge >= 0.3 is 0 Å². The van der Waals surface area contributed by atoms with Crippen molar-refractivity contribution in [1.82, 2.24) is 10.2 Å². The first-order chi connectivity index (χ1) is 8.69. The van der Waals surface area contributed by atoms with Crippen LogP contribution in [0.1, 0.15) is 12.5 Å². The predicted octanol–water partition coefficient (Wildman–Crippen LogP) is 0.812. The molecule has 1 saturated heterocycles. The van der Waals surface area contributed by atoms with Gasteiger partial charge in [0.15, 0.2) is 5.60 Å². The Labute approximate surface area is 107 Å². The Kier molecular flexibility index (Phi) is 2.74. The molecule has 0 radical (unpaired) electrons. The molecule has 96 valence electrons. The Hall–Kier alpha value is -1.55. The van der Waals surface area contributed by atoms with E-state index in [9.17, 15) is 4.79 Å². The fourth-order valence-electron chi connectivity index (χ4n) is 2.71. The number of hydrogen-bond donors (Lipinski definition) is 1. The van der Waals surface area contributed by atoms with Gasteiger partial charge in [-0.15, -0.1) is 0 Å². The van der Waals surface area contributed by atoms with Crippen LogP contribution in [-0.2, 0) is 11.2 Å². The fraction of sp³-hybridized carbons (Fsp3) is 0.500. The Morgan fingerprint density at radius 3 is 2.78 bits per heavy atom. The SMILES string of the molecule is CC1(C(=O)N2CCNCC2)Cc2ccccc2O1. The molecule has 4 nitrogen and oxygen atoms in total. The molecule has 3 rings (SSSR count). The number of benzene rings is 1. The minimum Gasteiger partial charge on any atom is -0.477 e. The summed E-state index contributed by atoms with van der Waals surface area (Å²) < 4.78 is 5.90. The summed E-state index contributed by atoms with van der Waals surface area (Å²) in [4.78, 5) is 14.5. The number of para-hydroxylation sites is 1. The molecule has 2 aliphatic rings. The molecule has 4 heteroatoms. The Morgan fingerprint density at radius 1 is 1.33 bits per heavy atom. The normalized spacial score (nSPS) is 26.6. The summed E-state index contributed by atoms with van der Waals surface area (Å²) in [6, 6.07) is 7.90. The lowest BCUT2D eigenvalue weighted by atomic mass is 9.97. The van der Waals surface area contributed by atoms with Gasteiger partial charge in [0, 0.05) is 32.6 Å². The largest absolute Gasteiger partial charge is 0.477 e. The molecule has 1 aromatic rings. The number of nitrogens with one attached hydrogen (secondary N) is 1. The zero-order valence-electron chi connectivity index (χ0n) is 10.6. The molecule has 1 fully saturated rings. The second-order valence-electron chi connectivity index (χ2n) is 5.16. The molecule has 1 atom stereocenters. The van der Waals surface area contributed by atoms with Crippen molar-refractivity contribution in [2.45, 2.75) is 18.9 Å². The molecule has 18 heavy (non-hydrogen) atoms. The number of piperazine rings is 1. The number of amides is 1. The topological polar surface area (TPSA) is 41.6 Å². The van der Waals surface area contributed by atoms with Crippen molar-refractivity contribution in [3.8, 4) is 5.75 Å².